The molecular formula is C30H34F2N6O2S. The summed E-state index contributed by atoms with van der Waals surface area (Å²) in [6, 6.07) is 12.3. The molecule has 2 saturated heterocycles. The van der Waals surface area contributed by atoms with Gasteiger partial charge in [-0.05, 0) is 99.8 Å². The number of aromatic nitrogens is 1. The number of nitrogens with two attached hydrogens (primary N) is 1. The maximum absolute atomic E-state index is 14.2. The number of ether oxygens (including phenoxy) is 1. The Balaban J connectivity index is 1.36. The quantitative estimate of drug-likeness (QED) is 0.223. The van der Waals surface area contributed by atoms with Gasteiger partial charge in [0.2, 0.25) is 0 Å². The van der Waals surface area contributed by atoms with Crippen molar-refractivity contribution < 1.29 is 18.3 Å². The maximum Gasteiger partial charge on any atom is 0.258 e. The van der Waals surface area contributed by atoms with Gasteiger partial charge in [-0.25, -0.2) is 13.8 Å². The number of nitrogens with zero attached hydrogens (tertiary/aromatic N) is 2. The minimum Gasteiger partial charge on any atom is -0.397 e. The fraction of sp³-hybridized carbons (Fsp3) is 0.367. The summed E-state index contributed by atoms with van der Waals surface area (Å²) < 4.78 is 33.3. The largest absolute Gasteiger partial charge is 0.397 e. The zero-order chi connectivity index (χ0) is 28.9. The monoisotopic (exact) mass is 580 g/mol. The van der Waals surface area contributed by atoms with Crippen molar-refractivity contribution in [3.8, 4) is 0 Å². The van der Waals surface area contributed by atoms with Gasteiger partial charge in [-0.2, -0.15) is 0 Å². The fourth-order valence-electron chi connectivity index (χ4n) is 5.15. The lowest BCUT2D eigenvalue weighted by molar-refractivity contribution is 0.0904. The molecule has 41 heavy (non-hydrogen) atoms. The molecule has 2 aliphatic rings. The first kappa shape index (κ1) is 29.0. The highest BCUT2D eigenvalue weighted by molar-refractivity contribution is 7.99. The van der Waals surface area contributed by atoms with Crippen LogP contribution in [0.2, 0.25) is 0 Å². The highest BCUT2D eigenvalue weighted by atomic mass is 32.2. The third-order valence-corrected chi connectivity index (χ3v) is 8.51. The lowest BCUT2D eigenvalue weighted by Gasteiger charge is -2.30. The standard InChI is InChI=1S/C30H34F2N6O2S/c1-38-12-8-18(9-13-38)19-2-4-22(25(16-19)35-21-10-14-40-15-11-21)30(39)37-29(34)28-24(33)6-7-27(36-28)41-26-17-20(31)3-5-23(26)32/h2-7,16-18,21,35H,8-15,33H2,1H3,(H2,34,37,39). The number of anilines is 2. The van der Waals surface area contributed by atoms with E-state index in [4.69, 9.17) is 15.9 Å². The number of halogens is 2. The molecule has 3 heterocycles. The Hall–Kier alpha value is -3.54. The van der Waals surface area contributed by atoms with Crippen LogP contribution in [0, 0.1) is 17.0 Å². The van der Waals surface area contributed by atoms with E-state index >= 15 is 0 Å². The van der Waals surface area contributed by atoms with Gasteiger partial charge in [-0.1, -0.05) is 17.8 Å². The van der Waals surface area contributed by atoms with Gasteiger partial charge in [0, 0.05) is 24.9 Å². The van der Waals surface area contributed by atoms with Crippen molar-refractivity contribution in [3.63, 3.8) is 0 Å². The van der Waals surface area contributed by atoms with E-state index in [9.17, 15) is 13.6 Å². The molecule has 2 aromatic carbocycles. The van der Waals surface area contributed by atoms with Crippen molar-refractivity contribution in [2.75, 3.05) is 44.4 Å². The summed E-state index contributed by atoms with van der Waals surface area (Å²) >= 11 is 0.907. The zero-order valence-electron chi connectivity index (χ0n) is 22.9. The average Bonchev–Trinajstić information content (AvgIpc) is 2.97. The number of nitrogen functional groups attached to an aromatic ring is 1. The molecule has 5 N–H and O–H groups in total. The number of carbonyl (C=O) groups excluding carboxylic acids is 1. The Morgan fingerprint density at radius 1 is 1.07 bits per heavy atom. The van der Waals surface area contributed by atoms with Gasteiger partial charge in [0.1, 0.15) is 22.4 Å². The van der Waals surface area contributed by atoms with E-state index < -0.39 is 17.5 Å². The molecule has 0 radical (unpaired) electrons. The number of hydrogen-bond acceptors (Lipinski definition) is 8. The first-order valence-corrected chi connectivity index (χ1v) is 14.5. The fourth-order valence-corrected chi connectivity index (χ4v) is 5.99. The SMILES string of the molecule is CN1CCC(c2ccc(C(=O)NC(=N)c3nc(Sc4cc(F)ccc4F)ccc3N)c(NC3CCOCC3)c2)CC1. The minimum atomic E-state index is -0.590. The van der Waals surface area contributed by atoms with Crippen LogP contribution in [0.3, 0.4) is 0 Å². The summed E-state index contributed by atoms with van der Waals surface area (Å²) in [6.07, 6.45) is 3.79. The number of pyridine rings is 1. The summed E-state index contributed by atoms with van der Waals surface area (Å²) in [5.74, 6) is -1.49. The van der Waals surface area contributed by atoms with Gasteiger partial charge in [-0.15, -0.1) is 0 Å². The second kappa shape index (κ2) is 13.0. The number of benzene rings is 2. The highest BCUT2D eigenvalue weighted by Crippen LogP contribution is 2.32. The molecule has 2 fully saturated rings. The second-order valence-corrected chi connectivity index (χ2v) is 11.6. The number of hydrogen-bond donors (Lipinski definition) is 4. The summed E-state index contributed by atoms with van der Waals surface area (Å²) in [7, 11) is 2.13. The molecule has 1 aromatic heterocycles. The van der Waals surface area contributed by atoms with E-state index in [0.717, 1.165) is 74.4 Å². The average molecular weight is 581 g/mol. The third-order valence-electron chi connectivity index (χ3n) is 7.54. The van der Waals surface area contributed by atoms with Crippen LogP contribution in [0.1, 0.15) is 53.2 Å². The molecule has 0 aliphatic carbocycles. The second-order valence-electron chi connectivity index (χ2n) is 10.5. The molecule has 0 unspecified atom stereocenters. The van der Waals surface area contributed by atoms with Crippen molar-refractivity contribution in [2.24, 2.45) is 0 Å². The smallest absolute Gasteiger partial charge is 0.258 e. The van der Waals surface area contributed by atoms with Crippen molar-refractivity contribution >= 4 is 34.9 Å². The first-order valence-electron chi connectivity index (χ1n) is 13.7. The maximum atomic E-state index is 14.2. The molecule has 0 spiro atoms. The topological polar surface area (TPSA) is 116 Å². The Morgan fingerprint density at radius 3 is 2.59 bits per heavy atom. The third kappa shape index (κ3) is 7.22. The number of amidine groups is 1. The number of amides is 1. The van der Waals surface area contributed by atoms with E-state index in [1.54, 1.807) is 6.07 Å². The van der Waals surface area contributed by atoms with Gasteiger partial charge >= 0.3 is 0 Å². The van der Waals surface area contributed by atoms with Crippen LogP contribution in [-0.4, -0.2) is 61.0 Å². The Kier molecular flexibility index (Phi) is 9.16. The molecule has 0 bridgehead atoms. The van der Waals surface area contributed by atoms with Crippen LogP contribution in [0.5, 0.6) is 0 Å². The van der Waals surface area contributed by atoms with Gasteiger partial charge in [0.15, 0.2) is 5.84 Å². The number of nitrogens with one attached hydrogen (secondary N) is 3. The molecule has 5 rings (SSSR count). The molecule has 11 heteroatoms. The predicted molar refractivity (Wildman–Crippen MR) is 157 cm³/mol. The van der Waals surface area contributed by atoms with Crippen molar-refractivity contribution in [3.05, 3.63) is 77.0 Å². The van der Waals surface area contributed by atoms with Crippen LogP contribution in [-0.2, 0) is 4.74 Å². The lowest BCUT2D eigenvalue weighted by Crippen LogP contribution is -2.34. The summed E-state index contributed by atoms with van der Waals surface area (Å²) in [6.45, 7) is 3.39. The van der Waals surface area contributed by atoms with Crippen molar-refractivity contribution in [1.29, 1.82) is 5.41 Å². The molecule has 0 atom stereocenters. The normalized spacial score (nSPS) is 16.9. The van der Waals surface area contributed by atoms with Crippen LogP contribution in [0.4, 0.5) is 20.2 Å². The van der Waals surface area contributed by atoms with Crippen LogP contribution >= 0.6 is 11.8 Å². The zero-order valence-corrected chi connectivity index (χ0v) is 23.7. The van der Waals surface area contributed by atoms with Crippen LogP contribution in [0.15, 0.2) is 58.5 Å². The summed E-state index contributed by atoms with van der Waals surface area (Å²) in [4.78, 5) is 20.2. The number of likely N-dealkylation sites (tertiary alicyclic amines) is 1. The number of piperidine rings is 1. The van der Waals surface area contributed by atoms with Crippen LogP contribution < -0.4 is 16.4 Å². The van der Waals surface area contributed by atoms with E-state index in [1.807, 2.05) is 12.1 Å². The van der Waals surface area contributed by atoms with E-state index in [0.29, 0.717) is 29.7 Å². The lowest BCUT2D eigenvalue weighted by atomic mass is 9.88. The Labute approximate surface area is 242 Å². The van der Waals surface area contributed by atoms with E-state index in [-0.39, 0.29) is 28.2 Å². The van der Waals surface area contributed by atoms with Gasteiger partial charge in [-0.3, -0.25) is 10.2 Å². The minimum absolute atomic E-state index is 0.0436. The molecule has 3 aromatic rings. The van der Waals surface area contributed by atoms with E-state index in [2.05, 4.69) is 33.6 Å². The molecular weight excluding hydrogens is 546 g/mol. The number of rotatable bonds is 7. The first-order chi connectivity index (χ1) is 19.8. The van der Waals surface area contributed by atoms with E-state index in [1.165, 1.54) is 11.6 Å². The molecule has 0 saturated carbocycles. The van der Waals surface area contributed by atoms with Gasteiger partial charge in [0.25, 0.3) is 5.91 Å². The van der Waals surface area contributed by atoms with Crippen LogP contribution in [0.25, 0.3) is 0 Å². The number of carbonyl (C=O) groups is 1. The predicted octanol–water partition coefficient (Wildman–Crippen LogP) is 5.25. The Bertz CT molecular complexity index is 1420. The van der Waals surface area contributed by atoms with Crippen molar-refractivity contribution in [1.82, 2.24) is 15.2 Å². The van der Waals surface area contributed by atoms with Crippen molar-refractivity contribution in [2.45, 2.75) is 47.6 Å². The highest BCUT2D eigenvalue weighted by Gasteiger charge is 2.24. The Morgan fingerprint density at radius 2 is 1.83 bits per heavy atom. The van der Waals surface area contributed by atoms with Gasteiger partial charge in [0.05, 0.1) is 16.1 Å². The summed E-state index contributed by atoms with van der Waals surface area (Å²) in [5.41, 5.74) is 8.66. The molecule has 216 valence electrons. The summed E-state index contributed by atoms with van der Waals surface area (Å²) in [5, 5.41) is 15.1. The molecule has 2 aliphatic heterocycles. The molecule has 8 nitrogen and oxygen atoms in total. The molecule has 1 amide bonds. The van der Waals surface area contributed by atoms with Gasteiger partial charge < -0.3 is 26.0 Å².